The maximum Gasteiger partial charge on any atom is 0.306 e. The lowest BCUT2D eigenvalue weighted by Crippen LogP contribution is -2.44. The zero-order chi connectivity index (χ0) is 56.2. The maximum absolute atomic E-state index is 12.9. The van der Waals surface area contributed by atoms with E-state index >= 15 is 0 Å². The smallest absolute Gasteiger partial charge is 0.306 e. The molecule has 0 N–H and O–H groups in total. The Morgan fingerprint density at radius 3 is 1.10 bits per heavy atom. The number of carboxylic acids is 1. The van der Waals surface area contributed by atoms with Crippen LogP contribution < -0.4 is 5.11 Å². The molecule has 0 aromatic rings. The van der Waals surface area contributed by atoms with Gasteiger partial charge in [-0.25, -0.2) is 0 Å². The number of carbonyl (C=O) groups is 3. The molecule has 0 saturated heterocycles. The van der Waals surface area contributed by atoms with Crippen molar-refractivity contribution in [3.63, 3.8) is 0 Å². The minimum atomic E-state index is -1.64. The number of likely N-dealkylation sites (N-methyl/N-ethyl adjacent to an activating group) is 1. The van der Waals surface area contributed by atoms with E-state index in [9.17, 15) is 19.5 Å². The van der Waals surface area contributed by atoms with Crippen molar-refractivity contribution in [1.29, 1.82) is 0 Å². The van der Waals surface area contributed by atoms with E-state index < -0.39 is 24.3 Å². The molecule has 0 aromatic heterocycles. The lowest BCUT2D eigenvalue weighted by Gasteiger charge is -2.26. The van der Waals surface area contributed by atoms with Gasteiger partial charge in [-0.1, -0.05) is 265 Å². The summed E-state index contributed by atoms with van der Waals surface area (Å²) in [6, 6.07) is 0. The summed E-state index contributed by atoms with van der Waals surface area (Å²) in [5, 5.41) is 11.8. The number of carboxylic acid groups (broad SMARTS) is 1. The number of hydrogen-bond acceptors (Lipinski definition) is 8. The number of rotatable bonds is 57. The number of unbranched alkanes of at least 4 members (excludes halogenated alkanes) is 26. The summed E-state index contributed by atoms with van der Waals surface area (Å²) < 4.78 is 22.7. The Balaban J connectivity index is 4.29. The van der Waals surface area contributed by atoms with Gasteiger partial charge >= 0.3 is 11.9 Å². The van der Waals surface area contributed by atoms with Gasteiger partial charge in [0, 0.05) is 12.8 Å². The van der Waals surface area contributed by atoms with E-state index in [-0.39, 0.29) is 38.6 Å². The summed E-state index contributed by atoms with van der Waals surface area (Å²) in [5.41, 5.74) is 0. The molecular weight excluding hydrogens is 959 g/mol. The van der Waals surface area contributed by atoms with E-state index in [1.54, 1.807) is 0 Å². The SMILES string of the molecule is CC/C=C\C/C=C\C/C=C\C/C=C\C/C=C\C/C=C\C/C=C\C/C=C\CCCCC(=O)OC(COC(=O)CCCCCCCCCCCCCCCCCCCCCCCCCCC)COC(OCC[N+](C)(C)C)C(=O)[O-]. The Bertz CT molecular complexity index is 1580. The first kappa shape index (κ1) is 73.2. The molecule has 0 radical (unpaired) electrons. The van der Waals surface area contributed by atoms with E-state index in [0.717, 1.165) is 83.5 Å². The zero-order valence-corrected chi connectivity index (χ0v) is 50.3. The Morgan fingerprint density at radius 2 is 0.740 bits per heavy atom. The van der Waals surface area contributed by atoms with Crippen molar-refractivity contribution in [1.82, 2.24) is 0 Å². The third kappa shape index (κ3) is 59.7. The van der Waals surface area contributed by atoms with Gasteiger partial charge in [0.1, 0.15) is 13.2 Å². The number of nitrogens with zero attached hydrogens (tertiary/aromatic N) is 1. The summed E-state index contributed by atoms with van der Waals surface area (Å²) in [5.74, 6) is -2.34. The second-order valence-electron chi connectivity index (χ2n) is 22.0. The van der Waals surface area contributed by atoms with E-state index in [0.29, 0.717) is 17.4 Å². The van der Waals surface area contributed by atoms with Gasteiger partial charge < -0.3 is 33.3 Å². The first-order chi connectivity index (χ1) is 37.6. The number of esters is 2. The number of quaternary nitrogens is 1. The molecule has 0 saturated carbocycles. The number of ether oxygens (including phenoxy) is 4. The fraction of sp³-hybridized carbons (Fsp3) is 0.721. The molecule has 2 atom stereocenters. The van der Waals surface area contributed by atoms with Crippen LogP contribution in [-0.2, 0) is 33.3 Å². The van der Waals surface area contributed by atoms with Gasteiger partial charge in [0.2, 0.25) is 0 Å². The predicted octanol–water partition coefficient (Wildman–Crippen LogP) is 17.6. The van der Waals surface area contributed by atoms with Crippen molar-refractivity contribution in [2.24, 2.45) is 0 Å². The predicted molar refractivity (Wildman–Crippen MR) is 324 cm³/mol. The molecule has 77 heavy (non-hydrogen) atoms. The number of carbonyl (C=O) groups excluding carboxylic acids is 3. The molecule has 9 heteroatoms. The quantitative estimate of drug-likeness (QED) is 0.0195. The first-order valence-electron chi connectivity index (χ1n) is 31.4. The number of allylic oxidation sites excluding steroid dienone is 16. The first-order valence-corrected chi connectivity index (χ1v) is 31.4. The third-order valence-corrected chi connectivity index (χ3v) is 13.3. The fourth-order valence-electron chi connectivity index (χ4n) is 8.55. The molecule has 0 aliphatic rings. The Hall–Kier alpha value is -3.79. The fourth-order valence-corrected chi connectivity index (χ4v) is 8.55. The molecule has 0 heterocycles. The molecule has 0 amide bonds. The van der Waals surface area contributed by atoms with Crippen LogP contribution in [0.1, 0.15) is 258 Å². The van der Waals surface area contributed by atoms with Gasteiger partial charge in [-0.3, -0.25) is 9.59 Å². The van der Waals surface area contributed by atoms with Crippen LogP contribution in [0.3, 0.4) is 0 Å². The molecule has 0 aliphatic carbocycles. The van der Waals surface area contributed by atoms with Gasteiger partial charge in [-0.05, 0) is 77.0 Å². The van der Waals surface area contributed by atoms with Crippen LogP contribution in [0.5, 0.6) is 0 Å². The van der Waals surface area contributed by atoms with Gasteiger partial charge in [0.15, 0.2) is 12.4 Å². The van der Waals surface area contributed by atoms with Crippen LogP contribution >= 0.6 is 0 Å². The molecule has 0 rings (SSSR count). The van der Waals surface area contributed by atoms with Crippen LogP contribution in [-0.4, -0.2) is 82.3 Å². The van der Waals surface area contributed by atoms with E-state index in [1.807, 2.05) is 21.1 Å². The average molecular weight is 1080 g/mol. The molecule has 0 aliphatic heterocycles. The van der Waals surface area contributed by atoms with Crippen molar-refractivity contribution in [2.45, 2.75) is 270 Å². The lowest BCUT2D eigenvalue weighted by molar-refractivity contribution is -0.870. The van der Waals surface area contributed by atoms with E-state index in [4.69, 9.17) is 18.9 Å². The highest BCUT2D eigenvalue weighted by Gasteiger charge is 2.22. The van der Waals surface area contributed by atoms with Crippen LogP contribution in [0.15, 0.2) is 97.2 Å². The number of aliphatic carboxylic acids is 1. The molecule has 0 aromatic carbocycles. The van der Waals surface area contributed by atoms with Crippen molar-refractivity contribution < 1.29 is 42.9 Å². The van der Waals surface area contributed by atoms with Gasteiger partial charge in [-0.15, -0.1) is 0 Å². The normalized spacial score (nSPS) is 13.4. The van der Waals surface area contributed by atoms with Gasteiger partial charge in [0.25, 0.3) is 0 Å². The van der Waals surface area contributed by atoms with Crippen LogP contribution in [0.4, 0.5) is 0 Å². The largest absolute Gasteiger partial charge is 0.545 e. The second-order valence-corrected chi connectivity index (χ2v) is 22.0. The van der Waals surface area contributed by atoms with Crippen molar-refractivity contribution >= 4 is 17.9 Å². The van der Waals surface area contributed by atoms with Crippen LogP contribution in [0, 0.1) is 0 Å². The molecule has 2 unspecified atom stereocenters. The van der Waals surface area contributed by atoms with Crippen molar-refractivity contribution in [3.8, 4) is 0 Å². The molecule has 9 nitrogen and oxygen atoms in total. The van der Waals surface area contributed by atoms with Crippen LogP contribution in [0.2, 0.25) is 0 Å². The highest BCUT2D eigenvalue weighted by Crippen LogP contribution is 2.17. The Kier molecular flexibility index (Phi) is 55.5. The topological polar surface area (TPSA) is 111 Å². The molecular formula is C68H117NO8. The summed E-state index contributed by atoms with van der Waals surface area (Å²) >= 11 is 0. The summed E-state index contributed by atoms with van der Waals surface area (Å²) in [7, 11) is 5.91. The standard InChI is InChI=1S/C68H117NO8/c1-6-8-10-12-14-16-18-20-22-24-26-28-30-32-33-35-37-39-41-43-45-47-49-51-53-55-57-59-66(71)77-64(63-76-68(67(72)73)74-61-60-69(3,4)5)62-75-65(70)58-56-54-52-50-48-46-44-42-40-38-36-34-31-29-27-25-23-21-19-17-15-13-11-9-7-2/h8,10,14,16,20,22,26,28,32-33,37,39,43,45,49,51,64,68H,6-7,9,11-13,15,17-19,21,23-25,27,29-31,34-36,38,40-42,44,46-48,50,52-63H2,1-5H3/b10-8-,16-14-,22-20-,28-26-,33-32-,39-37-,45-43-,51-49-. The molecule has 0 spiro atoms. The highest BCUT2D eigenvalue weighted by atomic mass is 16.7. The third-order valence-electron chi connectivity index (χ3n) is 13.3. The van der Waals surface area contributed by atoms with Gasteiger partial charge in [-0.2, -0.15) is 0 Å². The average Bonchev–Trinajstić information content (AvgIpc) is 3.40. The Morgan fingerprint density at radius 1 is 0.403 bits per heavy atom. The van der Waals surface area contributed by atoms with E-state index in [2.05, 4.69) is 111 Å². The lowest BCUT2D eigenvalue weighted by atomic mass is 10.0. The molecule has 0 fully saturated rings. The minimum Gasteiger partial charge on any atom is -0.545 e. The molecule has 442 valence electrons. The summed E-state index contributed by atoms with van der Waals surface area (Å²) in [6.45, 7) is 4.60. The molecule has 0 bridgehead atoms. The van der Waals surface area contributed by atoms with Crippen molar-refractivity contribution in [2.75, 3.05) is 47.5 Å². The zero-order valence-electron chi connectivity index (χ0n) is 50.3. The van der Waals surface area contributed by atoms with Crippen LogP contribution in [0.25, 0.3) is 0 Å². The maximum atomic E-state index is 12.9. The van der Waals surface area contributed by atoms with E-state index in [1.165, 1.54) is 141 Å². The van der Waals surface area contributed by atoms with Crippen molar-refractivity contribution in [3.05, 3.63) is 97.2 Å². The summed E-state index contributed by atoms with van der Waals surface area (Å²) in [6.07, 6.45) is 76.2. The second kappa shape index (κ2) is 58.4. The monoisotopic (exact) mass is 1080 g/mol. The summed E-state index contributed by atoms with van der Waals surface area (Å²) in [4.78, 5) is 37.4. The minimum absolute atomic E-state index is 0.135. The Labute approximate surface area is 473 Å². The highest BCUT2D eigenvalue weighted by molar-refractivity contribution is 5.70. The van der Waals surface area contributed by atoms with Gasteiger partial charge in [0.05, 0.1) is 40.3 Å². The number of hydrogen-bond donors (Lipinski definition) is 0.